The van der Waals surface area contributed by atoms with Gasteiger partial charge in [-0.2, -0.15) is 0 Å². The summed E-state index contributed by atoms with van der Waals surface area (Å²) in [7, 11) is 0. The number of ether oxygens (including phenoxy) is 2. The zero-order valence-electron chi connectivity index (χ0n) is 10.7. The van der Waals surface area contributed by atoms with Crippen LogP contribution in [0.15, 0.2) is 18.2 Å². The molecule has 1 rings (SSSR count). The molecule has 4 nitrogen and oxygen atoms in total. The van der Waals surface area contributed by atoms with Gasteiger partial charge in [-0.15, -0.1) is 6.42 Å². The average molecular weight is 247 g/mol. The highest BCUT2D eigenvalue weighted by Gasteiger charge is 2.10. The SMILES string of the molecule is C#CCNC(=O)c1ccc(OCC)c(OCC)c1. The molecule has 0 atom stereocenters. The van der Waals surface area contributed by atoms with Crippen LogP contribution in [-0.2, 0) is 0 Å². The molecule has 0 bridgehead atoms. The monoisotopic (exact) mass is 247 g/mol. The Bertz CT molecular complexity index is 449. The topological polar surface area (TPSA) is 47.6 Å². The Balaban J connectivity index is 2.92. The van der Waals surface area contributed by atoms with Crippen molar-refractivity contribution in [2.45, 2.75) is 13.8 Å². The van der Waals surface area contributed by atoms with Gasteiger partial charge in [0.1, 0.15) is 0 Å². The molecule has 1 aromatic carbocycles. The van der Waals surface area contributed by atoms with Crippen molar-refractivity contribution in [1.29, 1.82) is 0 Å². The minimum absolute atomic E-state index is 0.204. The van der Waals surface area contributed by atoms with Crippen LogP contribution in [0.2, 0.25) is 0 Å². The number of terminal acetylenes is 1. The Morgan fingerprint density at radius 1 is 1.28 bits per heavy atom. The molecule has 0 aliphatic carbocycles. The molecule has 18 heavy (non-hydrogen) atoms. The average Bonchev–Trinajstić information content (AvgIpc) is 2.38. The van der Waals surface area contributed by atoms with Gasteiger partial charge in [0.25, 0.3) is 5.91 Å². The second-order valence-corrected chi connectivity index (χ2v) is 3.41. The Hall–Kier alpha value is -2.15. The van der Waals surface area contributed by atoms with Crippen molar-refractivity contribution >= 4 is 5.91 Å². The first-order chi connectivity index (χ1) is 8.72. The highest BCUT2D eigenvalue weighted by Crippen LogP contribution is 2.28. The van der Waals surface area contributed by atoms with E-state index in [4.69, 9.17) is 15.9 Å². The van der Waals surface area contributed by atoms with Gasteiger partial charge in [0, 0.05) is 5.56 Å². The van der Waals surface area contributed by atoms with Crippen LogP contribution in [0.4, 0.5) is 0 Å². The summed E-state index contributed by atoms with van der Waals surface area (Å²) >= 11 is 0. The molecule has 0 aliphatic rings. The Morgan fingerprint density at radius 3 is 2.56 bits per heavy atom. The van der Waals surface area contributed by atoms with E-state index in [-0.39, 0.29) is 12.5 Å². The maximum absolute atomic E-state index is 11.7. The summed E-state index contributed by atoms with van der Waals surface area (Å²) in [6.07, 6.45) is 5.09. The highest BCUT2D eigenvalue weighted by molar-refractivity contribution is 5.95. The van der Waals surface area contributed by atoms with Crippen molar-refractivity contribution in [3.05, 3.63) is 23.8 Å². The zero-order valence-corrected chi connectivity index (χ0v) is 10.7. The second kappa shape index (κ2) is 7.23. The molecule has 1 aromatic rings. The summed E-state index contributed by atoms with van der Waals surface area (Å²) in [5.41, 5.74) is 0.497. The van der Waals surface area contributed by atoms with E-state index in [1.165, 1.54) is 0 Å². The van der Waals surface area contributed by atoms with Crippen molar-refractivity contribution in [3.8, 4) is 23.8 Å². The summed E-state index contributed by atoms with van der Waals surface area (Å²) in [4.78, 5) is 11.7. The first-order valence-electron chi connectivity index (χ1n) is 5.84. The lowest BCUT2D eigenvalue weighted by Gasteiger charge is -2.12. The van der Waals surface area contributed by atoms with Crippen LogP contribution in [0.1, 0.15) is 24.2 Å². The predicted octanol–water partition coefficient (Wildman–Crippen LogP) is 1.85. The number of hydrogen-bond acceptors (Lipinski definition) is 3. The molecular formula is C14H17NO3. The molecule has 0 fully saturated rings. The molecule has 1 N–H and O–H groups in total. The molecule has 0 aliphatic heterocycles. The summed E-state index contributed by atoms with van der Waals surface area (Å²) in [6.45, 7) is 5.03. The van der Waals surface area contributed by atoms with E-state index in [1.807, 2.05) is 13.8 Å². The Morgan fingerprint density at radius 2 is 1.94 bits per heavy atom. The number of hydrogen-bond donors (Lipinski definition) is 1. The minimum Gasteiger partial charge on any atom is -0.490 e. The van der Waals surface area contributed by atoms with Gasteiger partial charge in [-0.25, -0.2) is 0 Å². The van der Waals surface area contributed by atoms with E-state index in [0.29, 0.717) is 30.3 Å². The first-order valence-corrected chi connectivity index (χ1v) is 5.84. The van der Waals surface area contributed by atoms with Gasteiger partial charge in [0.2, 0.25) is 0 Å². The largest absolute Gasteiger partial charge is 0.490 e. The van der Waals surface area contributed by atoms with Gasteiger partial charge in [0.05, 0.1) is 19.8 Å². The quantitative estimate of drug-likeness (QED) is 0.780. The molecule has 96 valence electrons. The van der Waals surface area contributed by atoms with Crippen LogP contribution in [0, 0.1) is 12.3 Å². The van der Waals surface area contributed by atoms with Crippen LogP contribution in [0.5, 0.6) is 11.5 Å². The standard InChI is InChI=1S/C14H17NO3/c1-4-9-15-14(16)11-7-8-12(17-5-2)13(10-11)18-6-3/h1,7-8,10H,5-6,9H2,2-3H3,(H,15,16). The molecule has 4 heteroatoms. The number of benzene rings is 1. The van der Waals surface area contributed by atoms with Crippen LogP contribution in [0.25, 0.3) is 0 Å². The van der Waals surface area contributed by atoms with Crippen molar-refractivity contribution in [1.82, 2.24) is 5.32 Å². The fourth-order valence-corrected chi connectivity index (χ4v) is 1.43. The van der Waals surface area contributed by atoms with Crippen molar-refractivity contribution in [2.75, 3.05) is 19.8 Å². The van der Waals surface area contributed by atoms with Gasteiger partial charge in [0.15, 0.2) is 11.5 Å². The third-order valence-electron chi connectivity index (χ3n) is 2.16. The zero-order chi connectivity index (χ0) is 13.4. The van der Waals surface area contributed by atoms with E-state index in [1.54, 1.807) is 18.2 Å². The molecule has 0 heterocycles. The number of amides is 1. The first kappa shape index (κ1) is 13.9. The van der Waals surface area contributed by atoms with Gasteiger partial charge in [-0.1, -0.05) is 5.92 Å². The van der Waals surface area contributed by atoms with E-state index in [9.17, 15) is 4.79 Å². The Labute approximate surface area is 107 Å². The van der Waals surface area contributed by atoms with Crippen LogP contribution < -0.4 is 14.8 Å². The summed E-state index contributed by atoms with van der Waals surface area (Å²) in [5.74, 6) is 3.32. The van der Waals surface area contributed by atoms with Crippen molar-refractivity contribution in [3.63, 3.8) is 0 Å². The third kappa shape index (κ3) is 3.70. The lowest BCUT2D eigenvalue weighted by molar-refractivity contribution is 0.0958. The molecule has 0 unspecified atom stereocenters. The maximum atomic E-state index is 11.7. The lowest BCUT2D eigenvalue weighted by Crippen LogP contribution is -2.23. The fraction of sp³-hybridized carbons (Fsp3) is 0.357. The second-order valence-electron chi connectivity index (χ2n) is 3.41. The van der Waals surface area contributed by atoms with Gasteiger partial charge >= 0.3 is 0 Å². The lowest BCUT2D eigenvalue weighted by atomic mass is 10.2. The summed E-state index contributed by atoms with van der Waals surface area (Å²) in [6, 6.07) is 5.05. The highest BCUT2D eigenvalue weighted by atomic mass is 16.5. The van der Waals surface area contributed by atoms with Crippen LogP contribution in [0.3, 0.4) is 0 Å². The normalized spacial score (nSPS) is 9.39. The predicted molar refractivity (Wildman–Crippen MR) is 69.9 cm³/mol. The molecule has 1 amide bonds. The van der Waals surface area contributed by atoms with Crippen LogP contribution >= 0.6 is 0 Å². The molecule has 0 saturated heterocycles. The van der Waals surface area contributed by atoms with Gasteiger partial charge < -0.3 is 14.8 Å². The number of rotatable bonds is 6. The van der Waals surface area contributed by atoms with Crippen LogP contribution in [-0.4, -0.2) is 25.7 Å². The molecule has 0 aromatic heterocycles. The number of carbonyl (C=O) groups is 1. The summed E-state index contributed by atoms with van der Waals surface area (Å²) in [5, 5.41) is 2.60. The van der Waals surface area contributed by atoms with E-state index < -0.39 is 0 Å². The number of carbonyl (C=O) groups excluding carboxylic acids is 1. The van der Waals surface area contributed by atoms with E-state index >= 15 is 0 Å². The molecular weight excluding hydrogens is 230 g/mol. The minimum atomic E-state index is -0.225. The fourth-order valence-electron chi connectivity index (χ4n) is 1.43. The Kier molecular flexibility index (Phi) is 5.59. The summed E-state index contributed by atoms with van der Waals surface area (Å²) < 4.78 is 10.9. The van der Waals surface area contributed by atoms with Gasteiger partial charge in [-0.3, -0.25) is 4.79 Å². The smallest absolute Gasteiger partial charge is 0.252 e. The van der Waals surface area contributed by atoms with E-state index in [2.05, 4.69) is 11.2 Å². The third-order valence-corrected chi connectivity index (χ3v) is 2.16. The van der Waals surface area contributed by atoms with Crippen molar-refractivity contribution in [2.24, 2.45) is 0 Å². The molecule has 0 radical (unpaired) electrons. The number of nitrogens with one attached hydrogen (secondary N) is 1. The molecule has 0 saturated carbocycles. The van der Waals surface area contributed by atoms with Gasteiger partial charge in [-0.05, 0) is 32.0 Å². The maximum Gasteiger partial charge on any atom is 0.252 e. The molecule has 0 spiro atoms. The van der Waals surface area contributed by atoms with E-state index in [0.717, 1.165) is 0 Å². The van der Waals surface area contributed by atoms with Crippen molar-refractivity contribution < 1.29 is 14.3 Å².